The maximum Gasteiger partial charge on any atom is 0.305 e. The maximum absolute atomic E-state index is 11.1. The largest absolute Gasteiger partial charge is 0.481 e. The molecular formula is C11H17NO3. The molecule has 0 unspecified atom stereocenters. The van der Waals surface area contributed by atoms with E-state index in [-0.39, 0.29) is 12.0 Å². The van der Waals surface area contributed by atoms with Crippen molar-refractivity contribution in [2.24, 2.45) is 0 Å². The molecule has 2 rings (SSSR count). The first-order chi connectivity index (χ1) is 7.12. The number of hydrogen-bond donors (Lipinski definition) is 1. The number of nitrogens with zero attached hydrogens (tertiary/aromatic N) is 1. The summed E-state index contributed by atoms with van der Waals surface area (Å²) >= 11 is 0. The highest BCUT2D eigenvalue weighted by molar-refractivity contribution is 5.79. The molecular weight excluding hydrogens is 194 g/mol. The van der Waals surface area contributed by atoms with Crippen molar-refractivity contribution in [1.82, 2.24) is 4.90 Å². The average Bonchev–Trinajstić information content (AvgIpc) is 2.13. The number of carbonyl (C=O) groups excluding carboxylic acids is 1. The van der Waals surface area contributed by atoms with Crippen LogP contribution in [0.2, 0.25) is 0 Å². The lowest BCUT2D eigenvalue weighted by molar-refractivity contribution is -0.143. The van der Waals surface area contributed by atoms with Crippen LogP contribution >= 0.6 is 0 Å². The number of aliphatic carboxylic acids is 1. The maximum atomic E-state index is 11.1. The van der Waals surface area contributed by atoms with E-state index < -0.39 is 5.97 Å². The van der Waals surface area contributed by atoms with E-state index in [1.807, 2.05) is 0 Å². The van der Waals surface area contributed by atoms with E-state index in [1.54, 1.807) is 0 Å². The van der Waals surface area contributed by atoms with Crippen molar-refractivity contribution in [2.45, 2.75) is 44.1 Å². The molecule has 1 heterocycles. The standard InChI is InChI=1S/C11H17NO3/c13-9-2-6-12(7-3-9)11(4-1-5-11)8-10(14)15/h1-8H2,(H,14,15). The van der Waals surface area contributed by atoms with Gasteiger partial charge in [-0.1, -0.05) is 0 Å². The van der Waals surface area contributed by atoms with Gasteiger partial charge in [0.1, 0.15) is 5.78 Å². The molecule has 1 aliphatic heterocycles. The van der Waals surface area contributed by atoms with Gasteiger partial charge in [0.25, 0.3) is 0 Å². The Balaban J connectivity index is 1.99. The summed E-state index contributed by atoms with van der Waals surface area (Å²) < 4.78 is 0. The Morgan fingerprint density at radius 1 is 1.33 bits per heavy atom. The van der Waals surface area contributed by atoms with Gasteiger partial charge < -0.3 is 5.11 Å². The molecule has 2 aliphatic rings. The van der Waals surface area contributed by atoms with Crippen LogP contribution in [0, 0.1) is 0 Å². The monoisotopic (exact) mass is 211 g/mol. The molecule has 4 nitrogen and oxygen atoms in total. The third-order valence-electron chi connectivity index (χ3n) is 3.76. The van der Waals surface area contributed by atoms with Crippen LogP contribution in [0.1, 0.15) is 38.5 Å². The van der Waals surface area contributed by atoms with Crippen LogP contribution < -0.4 is 0 Å². The van der Waals surface area contributed by atoms with E-state index in [0.717, 1.165) is 32.4 Å². The van der Waals surface area contributed by atoms with Gasteiger partial charge in [-0.3, -0.25) is 14.5 Å². The summed E-state index contributed by atoms with van der Waals surface area (Å²) in [6.07, 6.45) is 4.52. The molecule has 1 N–H and O–H groups in total. The highest BCUT2D eigenvalue weighted by atomic mass is 16.4. The number of likely N-dealkylation sites (tertiary alicyclic amines) is 1. The summed E-state index contributed by atoms with van der Waals surface area (Å²) in [4.78, 5) is 24.2. The van der Waals surface area contributed by atoms with Crippen LogP contribution in [0.3, 0.4) is 0 Å². The average molecular weight is 211 g/mol. The van der Waals surface area contributed by atoms with Crippen LogP contribution in [-0.4, -0.2) is 40.4 Å². The molecule has 0 bridgehead atoms. The van der Waals surface area contributed by atoms with Gasteiger partial charge in [-0.25, -0.2) is 0 Å². The molecule has 15 heavy (non-hydrogen) atoms. The zero-order valence-electron chi connectivity index (χ0n) is 8.87. The van der Waals surface area contributed by atoms with Gasteiger partial charge in [0.05, 0.1) is 6.42 Å². The second kappa shape index (κ2) is 3.93. The van der Waals surface area contributed by atoms with Gasteiger partial charge in [0, 0.05) is 31.5 Å². The minimum Gasteiger partial charge on any atom is -0.481 e. The first-order valence-electron chi connectivity index (χ1n) is 5.61. The van der Waals surface area contributed by atoms with E-state index >= 15 is 0 Å². The van der Waals surface area contributed by atoms with Crippen molar-refractivity contribution >= 4 is 11.8 Å². The Kier molecular flexibility index (Phi) is 2.78. The van der Waals surface area contributed by atoms with Gasteiger partial charge in [0.2, 0.25) is 0 Å². The predicted molar refractivity (Wildman–Crippen MR) is 54.6 cm³/mol. The van der Waals surface area contributed by atoms with E-state index in [2.05, 4.69) is 4.90 Å². The van der Waals surface area contributed by atoms with Gasteiger partial charge in [-0.2, -0.15) is 0 Å². The van der Waals surface area contributed by atoms with Crippen LogP contribution in [0.15, 0.2) is 0 Å². The van der Waals surface area contributed by atoms with Gasteiger partial charge in [-0.15, -0.1) is 0 Å². The molecule has 0 radical (unpaired) electrons. The normalized spacial score (nSPS) is 26.0. The number of piperidine rings is 1. The van der Waals surface area contributed by atoms with Crippen molar-refractivity contribution in [2.75, 3.05) is 13.1 Å². The second-order valence-corrected chi connectivity index (χ2v) is 4.67. The second-order valence-electron chi connectivity index (χ2n) is 4.67. The summed E-state index contributed by atoms with van der Waals surface area (Å²) in [7, 11) is 0. The summed E-state index contributed by atoms with van der Waals surface area (Å²) in [6.45, 7) is 1.51. The minimum absolute atomic E-state index is 0.119. The summed E-state index contributed by atoms with van der Waals surface area (Å²) in [6, 6.07) is 0. The van der Waals surface area contributed by atoms with Crippen LogP contribution in [0.25, 0.3) is 0 Å². The third-order valence-corrected chi connectivity index (χ3v) is 3.76. The van der Waals surface area contributed by atoms with E-state index in [0.29, 0.717) is 18.6 Å². The molecule has 0 aromatic carbocycles. The summed E-state index contributed by atoms with van der Waals surface area (Å²) in [5, 5.41) is 8.90. The molecule has 1 aliphatic carbocycles. The lowest BCUT2D eigenvalue weighted by Crippen LogP contribution is -2.57. The smallest absolute Gasteiger partial charge is 0.305 e. The molecule has 0 aromatic heterocycles. The van der Waals surface area contributed by atoms with E-state index in [4.69, 9.17) is 5.11 Å². The zero-order chi connectivity index (χ0) is 10.9. The number of carboxylic acid groups (broad SMARTS) is 1. The molecule has 2 fully saturated rings. The molecule has 4 heteroatoms. The Morgan fingerprint density at radius 2 is 1.93 bits per heavy atom. The number of rotatable bonds is 3. The predicted octanol–water partition coefficient (Wildman–Crippen LogP) is 1.05. The fourth-order valence-electron chi connectivity index (χ4n) is 2.70. The highest BCUT2D eigenvalue weighted by Gasteiger charge is 2.44. The zero-order valence-corrected chi connectivity index (χ0v) is 8.87. The fourth-order valence-corrected chi connectivity index (χ4v) is 2.70. The molecule has 84 valence electrons. The SMILES string of the molecule is O=C(O)CC1(N2CCC(=O)CC2)CCC1. The van der Waals surface area contributed by atoms with Gasteiger partial charge in [0.15, 0.2) is 0 Å². The first kappa shape index (κ1) is 10.6. The van der Waals surface area contributed by atoms with Crippen molar-refractivity contribution in [1.29, 1.82) is 0 Å². The van der Waals surface area contributed by atoms with Crippen molar-refractivity contribution in [3.8, 4) is 0 Å². The van der Waals surface area contributed by atoms with Crippen LogP contribution in [0.5, 0.6) is 0 Å². The Morgan fingerprint density at radius 3 is 2.33 bits per heavy atom. The summed E-state index contributed by atoms with van der Waals surface area (Å²) in [5.74, 6) is -0.400. The molecule has 0 amide bonds. The molecule has 0 aromatic rings. The summed E-state index contributed by atoms with van der Waals surface area (Å²) in [5.41, 5.74) is -0.119. The molecule has 1 saturated carbocycles. The lowest BCUT2D eigenvalue weighted by atomic mass is 9.72. The number of carbonyl (C=O) groups is 2. The van der Waals surface area contributed by atoms with Gasteiger partial charge in [-0.05, 0) is 19.3 Å². The number of Topliss-reactive ketones (excluding diaryl/α,β-unsaturated/α-hetero) is 1. The fraction of sp³-hybridized carbons (Fsp3) is 0.818. The van der Waals surface area contributed by atoms with Crippen molar-refractivity contribution in [3.63, 3.8) is 0 Å². The van der Waals surface area contributed by atoms with E-state index in [1.165, 1.54) is 0 Å². The number of hydrogen-bond acceptors (Lipinski definition) is 3. The van der Waals surface area contributed by atoms with Gasteiger partial charge >= 0.3 is 5.97 Å². The van der Waals surface area contributed by atoms with Crippen molar-refractivity contribution < 1.29 is 14.7 Å². The number of ketones is 1. The topological polar surface area (TPSA) is 57.6 Å². The van der Waals surface area contributed by atoms with E-state index in [9.17, 15) is 9.59 Å². The molecule has 0 spiro atoms. The quantitative estimate of drug-likeness (QED) is 0.758. The van der Waals surface area contributed by atoms with Crippen LogP contribution in [-0.2, 0) is 9.59 Å². The Bertz CT molecular complexity index is 274. The van der Waals surface area contributed by atoms with Crippen LogP contribution in [0.4, 0.5) is 0 Å². The highest BCUT2D eigenvalue weighted by Crippen LogP contribution is 2.41. The minimum atomic E-state index is -0.716. The molecule has 1 saturated heterocycles. The third kappa shape index (κ3) is 2.04. The Hall–Kier alpha value is -0.900. The molecule has 0 atom stereocenters. The lowest BCUT2D eigenvalue weighted by Gasteiger charge is -2.51. The van der Waals surface area contributed by atoms with Crippen molar-refractivity contribution in [3.05, 3.63) is 0 Å². The Labute approximate surface area is 89.3 Å². The number of carboxylic acids is 1. The first-order valence-corrected chi connectivity index (χ1v) is 5.61.